The smallest absolute Gasteiger partial charge is 0.328 e. The van der Waals surface area contributed by atoms with Crippen LogP contribution in [0.15, 0.2) is 24.3 Å². The van der Waals surface area contributed by atoms with Gasteiger partial charge >= 0.3 is 6.03 Å². The van der Waals surface area contributed by atoms with E-state index in [0.29, 0.717) is 11.3 Å². The van der Waals surface area contributed by atoms with E-state index in [2.05, 4.69) is 5.32 Å². The van der Waals surface area contributed by atoms with Crippen LogP contribution in [0.3, 0.4) is 0 Å². The van der Waals surface area contributed by atoms with Gasteiger partial charge in [-0.05, 0) is 31.2 Å². The molecule has 0 unspecified atom stereocenters. The Bertz CT molecular complexity index is 449. The average Bonchev–Trinajstić information content (AvgIpc) is 2.59. The minimum Gasteiger partial charge on any atom is -0.328 e. The number of carbonyl (C=O) groups is 3. The van der Waals surface area contributed by atoms with Gasteiger partial charge in [-0.1, -0.05) is 0 Å². The van der Waals surface area contributed by atoms with E-state index in [4.69, 9.17) is 0 Å². The molecule has 82 valence electrons. The lowest BCUT2D eigenvalue weighted by molar-refractivity contribution is -0.115. The zero-order valence-corrected chi connectivity index (χ0v) is 8.69. The number of ketones is 1. The summed E-state index contributed by atoms with van der Waals surface area (Å²) >= 11 is 0. The van der Waals surface area contributed by atoms with E-state index in [1.807, 2.05) is 0 Å². The molecule has 0 aliphatic carbocycles. The third-order valence-electron chi connectivity index (χ3n) is 2.38. The lowest BCUT2D eigenvalue weighted by Gasteiger charge is -2.12. The SMILES string of the molecule is CC(=O)c1ccc(N2C(=O)CNC2=O)cc1. The third-order valence-corrected chi connectivity index (χ3v) is 2.38. The number of hydrogen-bond donors (Lipinski definition) is 1. The monoisotopic (exact) mass is 218 g/mol. The molecule has 1 saturated heterocycles. The van der Waals surface area contributed by atoms with Crippen LogP contribution in [0.4, 0.5) is 10.5 Å². The molecular formula is C11H10N2O3. The fraction of sp³-hybridized carbons (Fsp3) is 0.182. The second-order valence-electron chi connectivity index (χ2n) is 3.49. The molecule has 0 bridgehead atoms. The summed E-state index contributed by atoms with van der Waals surface area (Å²) in [4.78, 5) is 34.8. The molecule has 5 nitrogen and oxygen atoms in total. The highest BCUT2D eigenvalue weighted by Gasteiger charge is 2.29. The van der Waals surface area contributed by atoms with Gasteiger partial charge in [0.15, 0.2) is 5.78 Å². The van der Waals surface area contributed by atoms with Crippen molar-refractivity contribution in [2.24, 2.45) is 0 Å². The van der Waals surface area contributed by atoms with Crippen LogP contribution in [0.25, 0.3) is 0 Å². The Balaban J connectivity index is 2.31. The van der Waals surface area contributed by atoms with Crippen LogP contribution in [-0.4, -0.2) is 24.3 Å². The second-order valence-corrected chi connectivity index (χ2v) is 3.49. The lowest BCUT2D eigenvalue weighted by atomic mass is 10.1. The molecule has 0 aromatic heterocycles. The summed E-state index contributed by atoms with van der Waals surface area (Å²) in [6.07, 6.45) is 0. The van der Waals surface area contributed by atoms with Crippen molar-refractivity contribution in [3.8, 4) is 0 Å². The van der Waals surface area contributed by atoms with E-state index >= 15 is 0 Å². The summed E-state index contributed by atoms with van der Waals surface area (Å²) in [5.41, 5.74) is 1.03. The first-order chi connectivity index (χ1) is 7.59. The van der Waals surface area contributed by atoms with Crippen molar-refractivity contribution in [1.29, 1.82) is 0 Å². The summed E-state index contributed by atoms with van der Waals surface area (Å²) in [7, 11) is 0. The van der Waals surface area contributed by atoms with Gasteiger partial charge in [0.2, 0.25) is 0 Å². The highest BCUT2D eigenvalue weighted by molar-refractivity contribution is 6.19. The van der Waals surface area contributed by atoms with Gasteiger partial charge in [0.25, 0.3) is 5.91 Å². The van der Waals surface area contributed by atoms with E-state index in [1.54, 1.807) is 24.3 Å². The largest absolute Gasteiger partial charge is 0.329 e. The normalized spacial score (nSPS) is 15.2. The highest BCUT2D eigenvalue weighted by atomic mass is 16.2. The Morgan fingerprint density at radius 2 is 1.88 bits per heavy atom. The minimum absolute atomic E-state index is 0.0211. The van der Waals surface area contributed by atoms with E-state index in [9.17, 15) is 14.4 Å². The fourth-order valence-corrected chi connectivity index (χ4v) is 1.53. The number of hydrogen-bond acceptors (Lipinski definition) is 3. The number of Topliss-reactive ketones (excluding diaryl/α,β-unsaturated/α-hetero) is 1. The van der Waals surface area contributed by atoms with E-state index in [-0.39, 0.29) is 18.2 Å². The third kappa shape index (κ3) is 1.67. The zero-order chi connectivity index (χ0) is 11.7. The maximum atomic E-state index is 11.4. The van der Waals surface area contributed by atoms with Crippen molar-refractivity contribution in [2.75, 3.05) is 11.4 Å². The van der Waals surface area contributed by atoms with Gasteiger partial charge in [0.1, 0.15) is 0 Å². The number of nitrogens with zero attached hydrogens (tertiary/aromatic N) is 1. The average molecular weight is 218 g/mol. The number of rotatable bonds is 2. The van der Waals surface area contributed by atoms with Gasteiger partial charge in [0, 0.05) is 5.56 Å². The van der Waals surface area contributed by atoms with Gasteiger partial charge < -0.3 is 5.32 Å². The van der Waals surface area contributed by atoms with E-state index in [0.717, 1.165) is 4.90 Å². The molecule has 16 heavy (non-hydrogen) atoms. The highest BCUT2D eigenvalue weighted by Crippen LogP contribution is 2.18. The van der Waals surface area contributed by atoms with Crippen LogP contribution < -0.4 is 10.2 Å². The van der Waals surface area contributed by atoms with Crippen molar-refractivity contribution in [2.45, 2.75) is 6.92 Å². The predicted octanol–water partition coefficient (Wildman–Crippen LogP) is 0.945. The summed E-state index contributed by atoms with van der Waals surface area (Å²) in [5, 5.41) is 2.43. The number of nitrogens with one attached hydrogen (secondary N) is 1. The number of urea groups is 1. The molecule has 3 amide bonds. The number of anilines is 1. The first-order valence-corrected chi connectivity index (χ1v) is 4.81. The second kappa shape index (κ2) is 3.77. The molecule has 1 N–H and O–H groups in total. The summed E-state index contributed by atoms with van der Waals surface area (Å²) in [6.45, 7) is 1.48. The summed E-state index contributed by atoms with van der Waals surface area (Å²) < 4.78 is 0. The molecule has 0 radical (unpaired) electrons. The van der Waals surface area contributed by atoms with E-state index < -0.39 is 6.03 Å². The van der Waals surface area contributed by atoms with Crippen LogP contribution in [0.5, 0.6) is 0 Å². The Morgan fingerprint density at radius 1 is 1.25 bits per heavy atom. The lowest BCUT2D eigenvalue weighted by Crippen LogP contribution is -2.30. The molecule has 1 aliphatic heterocycles. The Labute approximate surface area is 92.0 Å². The number of carbonyl (C=O) groups excluding carboxylic acids is 3. The Hall–Kier alpha value is -2.17. The van der Waals surface area contributed by atoms with Crippen LogP contribution in [-0.2, 0) is 4.79 Å². The zero-order valence-electron chi connectivity index (χ0n) is 8.69. The number of benzene rings is 1. The molecule has 0 atom stereocenters. The van der Waals surface area contributed by atoms with E-state index in [1.165, 1.54) is 6.92 Å². The Kier molecular flexibility index (Phi) is 2.44. The first-order valence-electron chi connectivity index (χ1n) is 4.81. The molecule has 1 heterocycles. The fourth-order valence-electron chi connectivity index (χ4n) is 1.53. The van der Waals surface area contributed by atoms with Crippen molar-refractivity contribution < 1.29 is 14.4 Å². The quantitative estimate of drug-likeness (QED) is 0.593. The summed E-state index contributed by atoms with van der Waals surface area (Å²) in [5.74, 6) is -0.343. The molecule has 2 rings (SSSR count). The maximum Gasteiger partial charge on any atom is 0.329 e. The van der Waals surface area contributed by atoms with Gasteiger partial charge in [-0.3, -0.25) is 9.59 Å². The standard InChI is InChI=1S/C11H10N2O3/c1-7(14)8-2-4-9(5-3-8)13-10(15)6-12-11(13)16/h2-5H,6H2,1H3,(H,12,16). The van der Waals surface area contributed by atoms with Crippen LogP contribution >= 0.6 is 0 Å². The van der Waals surface area contributed by atoms with Gasteiger partial charge in [-0.25, -0.2) is 9.69 Å². The van der Waals surface area contributed by atoms with Crippen LogP contribution in [0, 0.1) is 0 Å². The van der Waals surface area contributed by atoms with Crippen molar-refractivity contribution >= 4 is 23.4 Å². The first kappa shape index (κ1) is 10.4. The number of imide groups is 1. The molecular weight excluding hydrogens is 208 g/mol. The molecule has 1 fully saturated rings. The maximum absolute atomic E-state index is 11.4. The van der Waals surface area contributed by atoms with Gasteiger partial charge in [0.05, 0.1) is 12.2 Å². The van der Waals surface area contributed by atoms with Crippen molar-refractivity contribution in [3.05, 3.63) is 29.8 Å². The molecule has 5 heteroatoms. The van der Waals surface area contributed by atoms with Crippen LogP contribution in [0.2, 0.25) is 0 Å². The molecule has 1 aromatic carbocycles. The van der Waals surface area contributed by atoms with Crippen molar-refractivity contribution in [1.82, 2.24) is 5.32 Å². The van der Waals surface area contributed by atoms with Crippen LogP contribution in [0.1, 0.15) is 17.3 Å². The van der Waals surface area contributed by atoms with Gasteiger partial charge in [-0.2, -0.15) is 0 Å². The number of amides is 3. The molecule has 1 aromatic rings. The van der Waals surface area contributed by atoms with Gasteiger partial charge in [-0.15, -0.1) is 0 Å². The topological polar surface area (TPSA) is 66.5 Å². The molecule has 1 aliphatic rings. The minimum atomic E-state index is -0.430. The Morgan fingerprint density at radius 3 is 2.31 bits per heavy atom. The molecule has 0 spiro atoms. The predicted molar refractivity (Wildman–Crippen MR) is 57.3 cm³/mol. The van der Waals surface area contributed by atoms with Crippen molar-refractivity contribution in [3.63, 3.8) is 0 Å². The molecule has 0 saturated carbocycles. The summed E-state index contributed by atoms with van der Waals surface area (Å²) in [6, 6.07) is 5.92.